The van der Waals surface area contributed by atoms with E-state index in [0.29, 0.717) is 24.8 Å². The van der Waals surface area contributed by atoms with Crippen LogP contribution in [0.1, 0.15) is 35.2 Å². The van der Waals surface area contributed by atoms with Gasteiger partial charge in [0.2, 0.25) is 5.89 Å². The van der Waals surface area contributed by atoms with Crippen molar-refractivity contribution >= 4 is 0 Å². The normalized spacial score (nSPS) is 19.1. The second-order valence-electron chi connectivity index (χ2n) is 5.88. The molecule has 0 N–H and O–H groups in total. The summed E-state index contributed by atoms with van der Waals surface area (Å²) in [4.78, 5) is 6.32. The van der Waals surface area contributed by atoms with Gasteiger partial charge in [0.1, 0.15) is 6.61 Å². The largest absolute Gasteiger partial charge is 0.416 e. The number of likely N-dealkylation sites (tertiary alicyclic amines) is 1. The summed E-state index contributed by atoms with van der Waals surface area (Å²) < 4.78 is 48.6. The monoisotopic (exact) mass is 341 g/mol. The van der Waals surface area contributed by atoms with Crippen molar-refractivity contribution in [2.24, 2.45) is 0 Å². The average molecular weight is 341 g/mol. The maximum absolute atomic E-state index is 12.8. The molecule has 3 rings (SSSR count). The number of hydrogen-bond donors (Lipinski definition) is 0. The number of hydrogen-bond acceptors (Lipinski definition) is 5. The molecule has 0 bridgehead atoms. The number of ether oxygens (including phenoxy) is 1. The van der Waals surface area contributed by atoms with Gasteiger partial charge in [0.25, 0.3) is 0 Å². The van der Waals surface area contributed by atoms with Crippen LogP contribution in [0.4, 0.5) is 13.2 Å². The predicted octanol–water partition coefficient (Wildman–Crippen LogP) is 3.22. The third kappa shape index (κ3) is 3.93. The Morgan fingerprint density at radius 1 is 1.38 bits per heavy atom. The average Bonchev–Trinajstić information content (AvgIpc) is 3.17. The van der Waals surface area contributed by atoms with Crippen LogP contribution in [0.3, 0.4) is 0 Å². The molecule has 0 saturated carbocycles. The van der Waals surface area contributed by atoms with Crippen molar-refractivity contribution in [2.75, 3.05) is 20.2 Å². The zero-order valence-electron chi connectivity index (χ0n) is 13.2. The van der Waals surface area contributed by atoms with Gasteiger partial charge in [0, 0.05) is 13.7 Å². The topological polar surface area (TPSA) is 51.4 Å². The molecule has 1 aliphatic heterocycles. The van der Waals surface area contributed by atoms with Crippen LogP contribution in [0.5, 0.6) is 0 Å². The van der Waals surface area contributed by atoms with E-state index in [2.05, 4.69) is 15.0 Å². The molecule has 1 aromatic heterocycles. The second kappa shape index (κ2) is 6.90. The molecule has 1 unspecified atom stereocenters. The minimum atomic E-state index is -4.31. The fraction of sp³-hybridized carbons (Fsp3) is 0.500. The van der Waals surface area contributed by atoms with Crippen molar-refractivity contribution in [3.63, 3.8) is 0 Å². The fourth-order valence-electron chi connectivity index (χ4n) is 2.95. The lowest BCUT2D eigenvalue weighted by atomic mass is 9.96. The molecule has 130 valence electrons. The molecule has 0 spiro atoms. The fourth-order valence-corrected chi connectivity index (χ4v) is 2.95. The van der Waals surface area contributed by atoms with Gasteiger partial charge in [-0.05, 0) is 30.5 Å². The van der Waals surface area contributed by atoms with E-state index in [1.54, 1.807) is 13.2 Å². The van der Waals surface area contributed by atoms with Gasteiger partial charge in [-0.25, -0.2) is 0 Å². The third-order valence-electron chi connectivity index (χ3n) is 4.10. The van der Waals surface area contributed by atoms with Gasteiger partial charge < -0.3 is 9.26 Å². The molecule has 1 fully saturated rings. The Morgan fingerprint density at radius 3 is 2.96 bits per heavy atom. The minimum absolute atomic E-state index is 0.0775. The first kappa shape index (κ1) is 16.9. The van der Waals surface area contributed by atoms with Gasteiger partial charge in [0.15, 0.2) is 5.82 Å². The summed E-state index contributed by atoms with van der Waals surface area (Å²) in [5.74, 6) is 1.06. The zero-order valence-corrected chi connectivity index (χ0v) is 13.2. The summed E-state index contributed by atoms with van der Waals surface area (Å²) >= 11 is 0. The summed E-state index contributed by atoms with van der Waals surface area (Å²) in [5.41, 5.74) is 0.123. The first-order chi connectivity index (χ1) is 11.5. The van der Waals surface area contributed by atoms with Gasteiger partial charge in [-0.3, -0.25) is 4.90 Å². The van der Waals surface area contributed by atoms with Crippen molar-refractivity contribution in [1.82, 2.24) is 15.0 Å². The molecule has 0 amide bonds. The molecule has 1 atom stereocenters. The maximum atomic E-state index is 12.8. The number of benzene rings is 1. The molecule has 2 heterocycles. The van der Waals surface area contributed by atoms with Crippen molar-refractivity contribution in [1.29, 1.82) is 0 Å². The highest BCUT2D eigenvalue weighted by Gasteiger charge is 2.32. The van der Waals surface area contributed by atoms with Gasteiger partial charge in [-0.1, -0.05) is 23.4 Å². The standard InChI is InChI=1S/C16H18F3N3O2/c1-23-10-14-20-15(24-21-14)9-22-6-5-12(8-22)11-3-2-4-13(7-11)16(17,18)19/h2-4,7,12H,5-6,8-10H2,1H3. The van der Waals surface area contributed by atoms with E-state index >= 15 is 0 Å². The Morgan fingerprint density at radius 2 is 2.21 bits per heavy atom. The van der Waals surface area contributed by atoms with E-state index in [9.17, 15) is 13.2 Å². The lowest BCUT2D eigenvalue weighted by Gasteiger charge is -2.15. The van der Waals surface area contributed by atoms with Gasteiger partial charge >= 0.3 is 6.18 Å². The minimum Gasteiger partial charge on any atom is -0.377 e. The SMILES string of the molecule is COCc1noc(CN2CCC(c3cccc(C(F)(F)F)c3)C2)n1. The quantitative estimate of drug-likeness (QED) is 0.836. The van der Waals surface area contributed by atoms with Crippen molar-refractivity contribution < 1.29 is 22.4 Å². The van der Waals surface area contributed by atoms with Crippen LogP contribution in [0, 0.1) is 0 Å². The van der Waals surface area contributed by atoms with Gasteiger partial charge in [-0.15, -0.1) is 0 Å². The lowest BCUT2D eigenvalue weighted by molar-refractivity contribution is -0.137. The van der Waals surface area contributed by atoms with Crippen LogP contribution in [0.25, 0.3) is 0 Å². The molecule has 2 aromatic rings. The van der Waals surface area contributed by atoms with E-state index in [4.69, 9.17) is 9.26 Å². The Bertz CT molecular complexity index is 687. The lowest BCUT2D eigenvalue weighted by Crippen LogP contribution is -2.20. The van der Waals surface area contributed by atoms with Crippen LogP contribution in [-0.2, 0) is 24.1 Å². The van der Waals surface area contributed by atoms with E-state index in [0.717, 1.165) is 24.6 Å². The number of nitrogens with zero attached hydrogens (tertiary/aromatic N) is 3. The van der Waals surface area contributed by atoms with Gasteiger partial charge in [-0.2, -0.15) is 18.2 Å². The maximum Gasteiger partial charge on any atom is 0.416 e. The molecule has 1 aromatic carbocycles. The van der Waals surface area contributed by atoms with E-state index in [1.165, 1.54) is 12.1 Å². The Hall–Kier alpha value is -1.93. The molecule has 8 heteroatoms. The first-order valence-corrected chi connectivity index (χ1v) is 7.65. The van der Waals surface area contributed by atoms with Crippen LogP contribution in [0.15, 0.2) is 28.8 Å². The summed E-state index contributed by atoms with van der Waals surface area (Å²) in [5, 5.41) is 3.80. The zero-order chi connectivity index (χ0) is 17.2. The molecule has 0 radical (unpaired) electrons. The highest BCUT2D eigenvalue weighted by molar-refractivity contribution is 5.29. The van der Waals surface area contributed by atoms with Crippen molar-refractivity contribution in [3.8, 4) is 0 Å². The molecule has 1 aliphatic rings. The van der Waals surface area contributed by atoms with E-state index in [-0.39, 0.29) is 12.5 Å². The Kier molecular flexibility index (Phi) is 4.86. The smallest absolute Gasteiger partial charge is 0.377 e. The van der Waals surface area contributed by atoms with Crippen molar-refractivity contribution in [3.05, 3.63) is 47.1 Å². The van der Waals surface area contributed by atoms with Gasteiger partial charge in [0.05, 0.1) is 12.1 Å². The number of methoxy groups -OCH3 is 1. The molecule has 0 aliphatic carbocycles. The van der Waals surface area contributed by atoms with Crippen LogP contribution in [-0.4, -0.2) is 35.2 Å². The second-order valence-corrected chi connectivity index (χ2v) is 5.88. The highest BCUT2D eigenvalue weighted by Crippen LogP contribution is 2.34. The predicted molar refractivity (Wildman–Crippen MR) is 79.1 cm³/mol. The van der Waals surface area contributed by atoms with Crippen molar-refractivity contribution in [2.45, 2.75) is 31.7 Å². The van der Waals surface area contributed by atoms with E-state index < -0.39 is 11.7 Å². The Labute approximate surface area is 137 Å². The number of halogens is 3. The molecule has 5 nitrogen and oxygen atoms in total. The summed E-state index contributed by atoms with van der Waals surface area (Å²) in [7, 11) is 1.55. The third-order valence-corrected chi connectivity index (χ3v) is 4.10. The summed E-state index contributed by atoms with van der Waals surface area (Å²) in [6.45, 7) is 2.23. The highest BCUT2D eigenvalue weighted by atomic mass is 19.4. The molecular formula is C16H18F3N3O2. The van der Waals surface area contributed by atoms with Crippen LogP contribution in [0.2, 0.25) is 0 Å². The first-order valence-electron chi connectivity index (χ1n) is 7.65. The molecule has 1 saturated heterocycles. The molecule has 24 heavy (non-hydrogen) atoms. The Balaban J connectivity index is 1.62. The summed E-state index contributed by atoms with van der Waals surface area (Å²) in [6.07, 6.45) is -3.50. The number of alkyl halides is 3. The number of rotatable bonds is 5. The van der Waals surface area contributed by atoms with Crippen LogP contribution < -0.4 is 0 Å². The van der Waals surface area contributed by atoms with Crippen LogP contribution >= 0.6 is 0 Å². The molecular weight excluding hydrogens is 323 g/mol. The van der Waals surface area contributed by atoms with E-state index in [1.807, 2.05) is 0 Å². The summed E-state index contributed by atoms with van der Waals surface area (Å²) in [6, 6.07) is 5.58. The number of aromatic nitrogens is 2.